The molecule has 0 spiro atoms. The Bertz CT molecular complexity index is 98.2. The molecule has 7 heteroatoms. The van der Waals surface area contributed by atoms with Gasteiger partial charge < -0.3 is 19.0 Å². The van der Waals surface area contributed by atoms with Gasteiger partial charge in [0, 0.05) is 25.6 Å². The van der Waals surface area contributed by atoms with Crippen LogP contribution in [0.5, 0.6) is 0 Å². The van der Waals surface area contributed by atoms with Crippen molar-refractivity contribution in [1.82, 2.24) is 0 Å². The Morgan fingerprint density at radius 1 is 1.00 bits per heavy atom. The van der Waals surface area contributed by atoms with E-state index in [-0.39, 0.29) is 0 Å². The van der Waals surface area contributed by atoms with Gasteiger partial charge in [0.1, 0.15) is 0 Å². The van der Waals surface area contributed by atoms with Gasteiger partial charge in [0.15, 0.2) is 29.3 Å². The lowest BCUT2D eigenvalue weighted by molar-refractivity contribution is 0.384. The Hall–Kier alpha value is 0.491. The molecule has 0 amide bonds. The molecule has 80 valence electrons. The standard InChI is InChI=1S/C6H21NO3Si3/c1-8-11-6(4-5-7,12-9-2)13-10-3/h4-5,7,11-13H2,1-3H3. The van der Waals surface area contributed by atoms with Gasteiger partial charge in [-0.15, -0.1) is 0 Å². The molecule has 13 heavy (non-hydrogen) atoms. The highest BCUT2D eigenvalue weighted by Crippen LogP contribution is 2.25. The monoisotopic (exact) mass is 239 g/mol. The van der Waals surface area contributed by atoms with E-state index in [0.717, 1.165) is 13.0 Å². The quantitative estimate of drug-likeness (QED) is 0.480. The largest absolute Gasteiger partial charge is 0.427 e. The molecule has 0 unspecified atom stereocenters. The normalized spacial score (nSPS) is 18.5. The lowest BCUT2D eigenvalue weighted by Gasteiger charge is -2.29. The minimum atomic E-state index is -0.511. The Kier molecular flexibility index (Phi) is 8.15. The van der Waals surface area contributed by atoms with Crippen LogP contribution in [0, 0.1) is 0 Å². The molecule has 0 atom stereocenters. The number of nitrogens with two attached hydrogens (primary N) is 1. The maximum absolute atomic E-state index is 5.61. The van der Waals surface area contributed by atoms with Crippen molar-refractivity contribution in [3.05, 3.63) is 0 Å². The van der Waals surface area contributed by atoms with Crippen LogP contribution in [-0.2, 0) is 13.3 Å². The molecule has 0 bridgehead atoms. The lowest BCUT2D eigenvalue weighted by Crippen LogP contribution is -2.38. The first-order valence-electron chi connectivity index (χ1n) is 4.41. The summed E-state index contributed by atoms with van der Waals surface area (Å²) in [4.78, 5) is 0. The van der Waals surface area contributed by atoms with Crippen LogP contribution in [0.2, 0.25) is 4.28 Å². The summed E-state index contributed by atoms with van der Waals surface area (Å²) >= 11 is 0. The van der Waals surface area contributed by atoms with Gasteiger partial charge in [-0.25, -0.2) is 0 Å². The first-order chi connectivity index (χ1) is 6.24. The second kappa shape index (κ2) is 7.85. The summed E-state index contributed by atoms with van der Waals surface area (Å²) < 4.78 is 16.4. The number of hydrogen-bond acceptors (Lipinski definition) is 4. The molecule has 0 radical (unpaired) electrons. The summed E-state index contributed by atoms with van der Waals surface area (Å²) in [5.74, 6) is 0. The zero-order valence-electron chi connectivity index (χ0n) is 8.84. The van der Waals surface area contributed by atoms with Crippen LogP contribution in [0.25, 0.3) is 0 Å². The molecule has 0 aromatic heterocycles. The second-order valence-corrected chi connectivity index (χ2v) is 13.4. The third-order valence-corrected chi connectivity index (χ3v) is 9.46. The van der Waals surface area contributed by atoms with E-state index in [4.69, 9.17) is 19.0 Å². The fourth-order valence-electron chi connectivity index (χ4n) is 1.57. The number of hydrogen-bond donors (Lipinski definition) is 1. The molecule has 0 aliphatic heterocycles. The summed E-state index contributed by atoms with van der Waals surface area (Å²) in [6, 6.07) is 0. The van der Waals surface area contributed by atoms with Gasteiger partial charge in [0.25, 0.3) is 0 Å². The van der Waals surface area contributed by atoms with Crippen LogP contribution >= 0.6 is 0 Å². The molecule has 4 nitrogen and oxygen atoms in total. The van der Waals surface area contributed by atoms with Crippen molar-refractivity contribution in [1.29, 1.82) is 0 Å². The van der Waals surface area contributed by atoms with Crippen molar-refractivity contribution in [2.75, 3.05) is 27.9 Å². The summed E-state index contributed by atoms with van der Waals surface area (Å²) in [7, 11) is 3.82. The highest BCUT2D eigenvalue weighted by atomic mass is 28.4. The van der Waals surface area contributed by atoms with Gasteiger partial charge in [-0.1, -0.05) is 0 Å². The fourth-order valence-corrected chi connectivity index (χ4v) is 9.12. The summed E-state index contributed by atoms with van der Waals surface area (Å²) in [6.45, 7) is 0.725. The predicted octanol–water partition coefficient (Wildman–Crippen LogP) is -2.40. The van der Waals surface area contributed by atoms with Gasteiger partial charge in [-0.05, 0) is 13.0 Å². The van der Waals surface area contributed by atoms with Crippen molar-refractivity contribution < 1.29 is 13.3 Å². The van der Waals surface area contributed by atoms with E-state index < -0.39 is 29.3 Å². The van der Waals surface area contributed by atoms with Gasteiger partial charge in [0.05, 0.1) is 0 Å². The second-order valence-electron chi connectivity index (χ2n) is 3.34. The Labute approximate surface area is 87.3 Å². The van der Waals surface area contributed by atoms with Gasteiger partial charge >= 0.3 is 0 Å². The molecule has 0 heterocycles. The van der Waals surface area contributed by atoms with E-state index in [1.807, 2.05) is 0 Å². The molecular formula is C6H21NO3Si3. The Morgan fingerprint density at radius 2 is 1.38 bits per heavy atom. The van der Waals surface area contributed by atoms with Crippen LogP contribution < -0.4 is 5.73 Å². The zero-order valence-corrected chi connectivity index (χ0v) is 13.1. The van der Waals surface area contributed by atoms with E-state index in [1.54, 1.807) is 21.3 Å². The Morgan fingerprint density at radius 3 is 1.62 bits per heavy atom. The molecular weight excluding hydrogens is 218 g/mol. The topological polar surface area (TPSA) is 53.7 Å². The van der Waals surface area contributed by atoms with Crippen LogP contribution in [0.15, 0.2) is 0 Å². The molecule has 0 aromatic carbocycles. The van der Waals surface area contributed by atoms with Crippen LogP contribution in [0.4, 0.5) is 0 Å². The number of rotatable bonds is 8. The molecule has 0 saturated heterocycles. The minimum Gasteiger partial charge on any atom is -0.427 e. The van der Waals surface area contributed by atoms with E-state index in [9.17, 15) is 0 Å². The maximum Gasteiger partial charge on any atom is 0.165 e. The molecule has 0 aliphatic carbocycles. The Balaban J connectivity index is 4.19. The maximum atomic E-state index is 5.61. The van der Waals surface area contributed by atoms with Gasteiger partial charge in [-0.2, -0.15) is 0 Å². The molecule has 0 rings (SSSR count). The van der Waals surface area contributed by atoms with Crippen molar-refractivity contribution in [3.63, 3.8) is 0 Å². The average molecular weight is 239 g/mol. The molecule has 0 aromatic rings. The highest BCUT2D eigenvalue weighted by molar-refractivity contribution is 6.74. The predicted molar refractivity (Wildman–Crippen MR) is 63.0 cm³/mol. The van der Waals surface area contributed by atoms with Crippen LogP contribution in [0.1, 0.15) is 6.42 Å². The minimum absolute atomic E-state index is 0.326. The SMILES string of the molecule is CO[SiH2]C(CCN)([SiH2]OC)[SiH2]OC. The fraction of sp³-hybridized carbons (Fsp3) is 1.00. The van der Waals surface area contributed by atoms with Gasteiger partial charge in [-0.3, -0.25) is 0 Å². The molecule has 0 fully saturated rings. The molecule has 0 aliphatic rings. The van der Waals surface area contributed by atoms with Crippen LogP contribution in [-0.4, -0.2) is 57.2 Å². The van der Waals surface area contributed by atoms with Crippen molar-refractivity contribution >= 4 is 29.3 Å². The molecule has 0 saturated carbocycles. The smallest absolute Gasteiger partial charge is 0.165 e. The molecule has 2 N–H and O–H groups in total. The van der Waals surface area contributed by atoms with Gasteiger partial charge in [0.2, 0.25) is 0 Å². The highest BCUT2D eigenvalue weighted by Gasteiger charge is 2.32. The van der Waals surface area contributed by atoms with Crippen molar-refractivity contribution in [2.45, 2.75) is 10.7 Å². The average Bonchev–Trinajstić information content (AvgIpc) is 2.06. The van der Waals surface area contributed by atoms with E-state index in [1.165, 1.54) is 0 Å². The summed E-state index contributed by atoms with van der Waals surface area (Å²) in [5.41, 5.74) is 5.61. The third-order valence-electron chi connectivity index (χ3n) is 2.03. The van der Waals surface area contributed by atoms with Crippen molar-refractivity contribution in [3.8, 4) is 0 Å². The zero-order chi connectivity index (χ0) is 10.2. The first kappa shape index (κ1) is 13.5. The third kappa shape index (κ3) is 5.05. The summed E-state index contributed by atoms with van der Waals surface area (Å²) in [5, 5.41) is 0. The van der Waals surface area contributed by atoms with Crippen molar-refractivity contribution in [2.24, 2.45) is 5.73 Å². The lowest BCUT2D eigenvalue weighted by atomic mass is 10.5. The first-order valence-corrected chi connectivity index (χ1v) is 8.27. The van der Waals surface area contributed by atoms with E-state index in [2.05, 4.69) is 0 Å². The van der Waals surface area contributed by atoms with E-state index in [0.29, 0.717) is 4.28 Å². The van der Waals surface area contributed by atoms with E-state index >= 15 is 0 Å². The summed E-state index contributed by atoms with van der Waals surface area (Å²) in [6.07, 6.45) is 1.03. The van der Waals surface area contributed by atoms with Crippen LogP contribution in [0.3, 0.4) is 0 Å².